The van der Waals surface area contributed by atoms with Crippen molar-refractivity contribution in [2.45, 2.75) is 26.3 Å². The number of anilines is 1. The Kier molecular flexibility index (Phi) is 5.58. The van der Waals surface area contributed by atoms with E-state index in [4.69, 9.17) is 11.6 Å². The van der Waals surface area contributed by atoms with Gasteiger partial charge >= 0.3 is 0 Å². The quantitative estimate of drug-likeness (QED) is 0.485. The lowest BCUT2D eigenvalue weighted by molar-refractivity contribution is -0.129. The zero-order chi connectivity index (χ0) is 18.7. The van der Waals surface area contributed by atoms with Gasteiger partial charge in [-0.2, -0.15) is 0 Å². The van der Waals surface area contributed by atoms with Crippen molar-refractivity contribution in [3.05, 3.63) is 51.4 Å². The topological polar surface area (TPSA) is 72.0 Å². The van der Waals surface area contributed by atoms with Crippen LogP contribution in [0.25, 0.3) is 10.2 Å². The van der Waals surface area contributed by atoms with Gasteiger partial charge in [0.2, 0.25) is 0 Å². The summed E-state index contributed by atoms with van der Waals surface area (Å²) >= 11 is 7.84. The number of aromatic nitrogens is 2. The molecule has 0 aliphatic rings. The first-order valence-corrected chi connectivity index (χ1v) is 9.09. The molecule has 0 amide bonds. The molecule has 1 aromatic carbocycles. The largest absolute Gasteiger partial charge is 0.365 e. The first-order chi connectivity index (χ1) is 12.5. The summed E-state index contributed by atoms with van der Waals surface area (Å²) in [6.45, 7) is 2.33. The van der Waals surface area contributed by atoms with Crippen LogP contribution in [-0.2, 0) is 22.6 Å². The number of nitrogens with zero attached hydrogens (tertiary/aromatic N) is 2. The number of carbonyl (C=O) groups is 2. The molecule has 3 aromatic rings. The molecule has 0 unspecified atom stereocenters. The SMILES string of the molecule is Cc1sc2nc(CCC(=O)C=O)nc(NCc3ccc(F)cc3)c2c1Cl. The highest BCUT2D eigenvalue weighted by molar-refractivity contribution is 7.19. The second-order valence-corrected chi connectivity index (χ2v) is 7.29. The van der Waals surface area contributed by atoms with Crippen molar-refractivity contribution >= 4 is 51.0 Å². The summed E-state index contributed by atoms with van der Waals surface area (Å²) in [5.41, 5.74) is 0.888. The highest BCUT2D eigenvalue weighted by Crippen LogP contribution is 2.37. The van der Waals surface area contributed by atoms with E-state index in [1.54, 1.807) is 12.1 Å². The van der Waals surface area contributed by atoms with E-state index in [1.165, 1.54) is 23.5 Å². The van der Waals surface area contributed by atoms with Crippen LogP contribution in [0.4, 0.5) is 10.2 Å². The normalized spacial score (nSPS) is 10.9. The Labute approximate surface area is 158 Å². The van der Waals surface area contributed by atoms with Crippen LogP contribution in [0.2, 0.25) is 5.02 Å². The predicted molar refractivity (Wildman–Crippen MR) is 100 cm³/mol. The van der Waals surface area contributed by atoms with Crippen molar-refractivity contribution in [1.29, 1.82) is 0 Å². The summed E-state index contributed by atoms with van der Waals surface area (Å²) < 4.78 is 13.0. The van der Waals surface area contributed by atoms with Crippen LogP contribution in [0.5, 0.6) is 0 Å². The highest BCUT2D eigenvalue weighted by Gasteiger charge is 2.16. The van der Waals surface area contributed by atoms with Crippen LogP contribution in [0.3, 0.4) is 0 Å². The van der Waals surface area contributed by atoms with Crippen molar-refractivity contribution in [2.24, 2.45) is 0 Å². The molecule has 0 atom stereocenters. The number of hydrogen-bond donors (Lipinski definition) is 1. The van der Waals surface area contributed by atoms with Gasteiger partial charge < -0.3 is 5.32 Å². The fraction of sp³-hybridized carbons (Fsp3) is 0.222. The van der Waals surface area contributed by atoms with Crippen molar-refractivity contribution in [3.63, 3.8) is 0 Å². The lowest BCUT2D eigenvalue weighted by atomic mass is 10.2. The molecule has 26 heavy (non-hydrogen) atoms. The third-order valence-corrected chi connectivity index (χ3v) is 5.38. The number of halogens is 2. The van der Waals surface area contributed by atoms with Gasteiger partial charge in [-0.1, -0.05) is 23.7 Å². The number of Topliss-reactive ketones (excluding diaryl/α,β-unsaturated/α-hetero) is 1. The van der Waals surface area contributed by atoms with Crippen LogP contribution >= 0.6 is 22.9 Å². The molecule has 8 heteroatoms. The number of carbonyl (C=O) groups excluding carboxylic acids is 2. The van der Waals surface area contributed by atoms with E-state index in [1.807, 2.05) is 6.92 Å². The molecule has 2 heterocycles. The molecule has 0 bridgehead atoms. The Bertz CT molecular complexity index is 973. The Hall–Kier alpha value is -2.38. The van der Waals surface area contributed by atoms with Gasteiger partial charge in [0, 0.05) is 24.3 Å². The molecular weight excluding hydrogens is 377 g/mol. The number of fused-ring (bicyclic) bond motifs is 1. The zero-order valence-electron chi connectivity index (χ0n) is 13.9. The Balaban J connectivity index is 1.91. The van der Waals surface area contributed by atoms with Gasteiger partial charge in [-0.05, 0) is 24.6 Å². The van der Waals surface area contributed by atoms with E-state index < -0.39 is 5.78 Å². The molecule has 0 saturated carbocycles. The average Bonchev–Trinajstić information content (AvgIpc) is 2.93. The van der Waals surface area contributed by atoms with Gasteiger partial charge in [0.1, 0.15) is 22.3 Å². The van der Waals surface area contributed by atoms with Gasteiger partial charge in [-0.25, -0.2) is 14.4 Å². The van der Waals surface area contributed by atoms with Crippen LogP contribution < -0.4 is 5.32 Å². The lowest BCUT2D eigenvalue weighted by Gasteiger charge is -2.09. The van der Waals surface area contributed by atoms with Crippen LogP contribution in [0.1, 0.15) is 22.7 Å². The number of aldehydes is 1. The van der Waals surface area contributed by atoms with Crippen molar-refractivity contribution in [3.8, 4) is 0 Å². The number of aryl methyl sites for hydroxylation is 2. The van der Waals surface area contributed by atoms with Crippen molar-refractivity contribution in [2.75, 3.05) is 5.32 Å². The number of benzene rings is 1. The first-order valence-electron chi connectivity index (χ1n) is 7.89. The molecule has 3 rings (SSSR count). The zero-order valence-corrected chi connectivity index (χ0v) is 15.5. The average molecular weight is 392 g/mol. The third kappa shape index (κ3) is 4.05. The minimum atomic E-state index is -0.491. The molecule has 2 aromatic heterocycles. The molecule has 1 N–H and O–H groups in total. The van der Waals surface area contributed by atoms with E-state index in [9.17, 15) is 14.0 Å². The number of hydrogen-bond acceptors (Lipinski definition) is 6. The summed E-state index contributed by atoms with van der Waals surface area (Å²) in [5, 5.41) is 4.52. The Morgan fingerprint density at radius 1 is 1.31 bits per heavy atom. The van der Waals surface area contributed by atoms with Crippen LogP contribution in [-0.4, -0.2) is 22.0 Å². The van der Waals surface area contributed by atoms with Crippen LogP contribution in [0.15, 0.2) is 24.3 Å². The van der Waals surface area contributed by atoms with Gasteiger partial charge in [0.05, 0.1) is 10.4 Å². The molecule has 0 aliphatic carbocycles. The Morgan fingerprint density at radius 2 is 2.04 bits per heavy atom. The summed E-state index contributed by atoms with van der Waals surface area (Å²) in [5.74, 6) is 0.237. The number of thiophene rings is 1. The van der Waals surface area contributed by atoms with Gasteiger partial charge in [-0.15, -0.1) is 11.3 Å². The Morgan fingerprint density at radius 3 is 2.73 bits per heavy atom. The monoisotopic (exact) mass is 391 g/mol. The number of rotatable bonds is 7. The molecular formula is C18H15ClFN3O2S. The molecule has 0 spiro atoms. The minimum Gasteiger partial charge on any atom is -0.365 e. The second-order valence-electron chi connectivity index (χ2n) is 5.71. The summed E-state index contributed by atoms with van der Waals surface area (Å²) in [6, 6.07) is 6.16. The molecule has 0 radical (unpaired) electrons. The summed E-state index contributed by atoms with van der Waals surface area (Å²) in [7, 11) is 0. The lowest BCUT2D eigenvalue weighted by Crippen LogP contribution is -2.07. The van der Waals surface area contributed by atoms with E-state index in [0.717, 1.165) is 20.7 Å². The van der Waals surface area contributed by atoms with E-state index in [-0.39, 0.29) is 18.7 Å². The van der Waals surface area contributed by atoms with E-state index in [2.05, 4.69) is 15.3 Å². The number of ketones is 1. The fourth-order valence-corrected chi connectivity index (χ4v) is 3.73. The molecule has 0 aliphatic heterocycles. The maximum Gasteiger partial charge on any atom is 0.195 e. The van der Waals surface area contributed by atoms with E-state index >= 15 is 0 Å². The predicted octanol–water partition coefficient (Wildman–Crippen LogP) is 4.10. The highest BCUT2D eigenvalue weighted by atomic mass is 35.5. The standard InChI is InChI=1S/C18H15ClFN3O2S/c1-10-16(19)15-17(21-8-11-2-4-12(20)5-3-11)22-14(23-18(15)26-10)7-6-13(25)9-24/h2-5,9H,6-8H2,1H3,(H,21,22,23). The maximum atomic E-state index is 13.0. The molecule has 0 saturated heterocycles. The fourth-order valence-electron chi connectivity index (χ4n) is 2.44. The molecule has 134 valence electrons. The van der Waals surface area contributed by atoms with Crippen molar-refractivity contribution < 1.29 is 14.0 Å². The molecule has 5 nitrogen and oxygen atoms in total. The van der Waals surface area contributed by atoms with Gasteiger partial charge in [0.25, 0.3) is 0 Å². The van der Waals surface area contributed by atoms with Gasteiger partial charge in [0.15, 0.2) is 12.1 Å². The van der Waals surface area contributed by atoms with Crippen molar-refractivity contribution in [1.82, 2.24) is 9.97 Å². The first kappa shape index (κ1) is 18.4. The smallest absolute Gasteiger partial charge is 0.195 e. The minimum absolute atomic E-state index is 0.0600. The third-order valence-electron chi connectivity index (χ3n) is 3.80. The summed E-state index contributed by atoms with van der Waals surface area (Å²) in [6.07, 6.45) is 0.635. The molecule has 0 fully saturated rings. The van der Waals surface area contributed by atoms with Crippen LogP contribution in [0, 0.1) is 12.7 Å². The number of nitrogens with one attached hydrogen (secondary N) is 1. The van der Waals surface area contributed by atoms with Gasteiger partial charge in [-0.3, -0.25) is 9.59 Å². The summed E-state index contributed by atoms with van der Waals surface area (Å²) in [4.78, 5) is 32.3. The van der Waals surface area contributed by atoms with E-state index in [0.29, 0.717) is 29.5 Å². The second kappa shape index (κ2) is 7.88. The maximum absolute atomic E-state index is 13.0.